The fourth-order valence-electron chi connectivity index (χ4n) is 2.25. The first-order chi connectivity index (χ1) is 12.2. The molecule has 8 nitrogen and oxygen atoms in total. The summed E-state index contributed by atoms with van der Waals surface area (Å²) in [5.74, 6) is -3.23. The lowest BCUT2D eigenvalue weighted by atomic mass is 10.1. The zero-order valence-corrected chi connectivity index (χ0v) is 13.8. The van der Waals surface area contributed by atoms with Crippen LogP contribution in [0.1, 0.15) is 33.2 Å². The number of carbonyl (C=O) groups excluding carboxylic acids is 2. The normalized spacial score (nSPS) is 10.0. The van der Waals surface area contributed by atoms with Crippen LogP contribution in [0.25, 0.3) is 0 Å². The Morgan fingerprint density at radius 2 is 1.35 bits per heavy atom. The van der Waals surface area contributed by atoms with Crippen molar-refractivity contribution in [3.8, 4) is 0 Å². The van der Waals surface area contributed by atoms with Crippen LogP contribution in [0.4, 0.5) is 11.4 Å². The number of carbonyl (C=O) groups is 4. The molecular formula is C18H16N2O6. The summed E-state index contributed by atoms with van der Waals surface area (Å²) < 4.78 is 0. The fourth-order valence-corrected chi connectivity index (χ4v) is 2.25. The highest BCUT2D eigenvalue weighted by Crippen LogP contribution is 2.17. The summed E-state index contributed by atoms with van der Waals surface area (Å²) in [6.07, 6.45) is 0.0000548. The van der Waals surface area contributed by atoms with Crippen LogP contribution in [0, 0.1) is 0 Å². The zero-order valence-electron chi connectivity index (χ0n) is 13.8. The number of hydrogen-bond acceptors (Lipinski definition) is 4. The Labute approximate surface area is 148 Å². The number of carboxylic acids is 2. The van der Waals surface area contributed by atoms with Gasteiger partial charge in [0.2, 0.25) is 11.8 Å². The van der Waals surface area contributed by atoms with Crippen LogP contribution in [0.3, 0.4) is 0 Å². The second kappa shape index (κ2) is 7.93. The number of carboxylic acid groups (broad SMARTS) is 2. The van der Waals surface area contributed by atoms with Gasteiger partial charge in [0, 0.05) is 18.3 Å². The van der Waals surface area contributed by atoms with E-state index >= 15 is 0 Å². The fraction of sp³-hybridized carbons (Fsp3) is 0.111. The van der Waals surface area contributed by atoms with Crippen LogP contribution >= 0.6 is 0 Å². The van der Waals surface area contributed by atoms with Gasteiger partial charge in [0.15, 0.2) is 0 Å². The second-order valence-corrected chi connectivity index (χ2v) is 5.51. The quantitative estimate of drug-likeness (QED) is 0.627. The molecule has 26 heavy (non-hydrogen) atoms. The molecule has 134 valence electrons. The Morgan fingerprint density at radius 3 is 1.81 bits per heavy atom. The van der Waals surface area contributed by atoms with Crippen LogP contribution in [-0.4, -0.2) is 34.0 Å². The van der Waals surface area contributed by atoms with Crippen molar-refractivity contribution in [1.82, 2.24) is 0 Å². The van der Waals surface area contributed by atoms with Crippen molar-refractivity contribution in [1.29, 1.82) is 0 Å². The van der Waals surface area contributed by atoms with Crippen molar-refractivity contribution < 1.29 is 29.4 Å². The molecule has 4 N–H and O–H groups in total. The SMILES string of the molecule is CC(=O)Nc1ccc(CC(=O)Nc2cc(C(=O)O)cc(C(=O)O)c2)cc1. The Morgan fingerprint density at radius 1 is 0.808 bits per heavy atom. The van der Waals surface area contributed by atoms with E-state index in [0.717, 1.165) is 6.07 Å². The molecule has 0 saturated carbocycles. The van der Waals surface area contributed by atoms with Crippen molar-refractivity contribution in [3.05, 3.63) is 59.2 Å². The van der Waals surface area contributed by atoms with E-state index in [0.29, 0.717) is 11.3 Å². The van der Waals surface area contributed by atoms with Crippen molar-refractivity contribution in [2.45, 2.75) is 13.3 Å². The molecule has 2 aromatic carbocycles. The lowest BCUT2D eigenvalue weighted by Crippen LogP contribution is -2.15. The third-order valence-electron chi connectivity index (χ3n) is 3.35. The van der Waals surface area contributed by atoms with E-state index in [1.165, 1.54) is 19.1 Å². The summed E-state index contributed by atoms with van der Waals surface area (Å²) in [5.41, 5.74) is 0.883. The summed E-state index contributed by atoms with van der Waals surface area (Å²) in [7, 11) is 0. The van der Waals surface area contributed by atoms with E-state index in [1.807, 2.05) is 0 Å². The smallest absolute Gasteiger partial charge is 0.335 e. The number of nitrogens with one attached hydrogen (secondary N) is 2. The minimum absolute atomic E-state index is 0.0000548. The van der Waals surface area contributed by atoms with E-state index in [-0.39, 0.29) is 29.1 Å². The Kier molecular flexibility index (Phi) is 5.69. The molecule has 0 fully saturated rings. The number of anilines is 2. The average molecular weight is 356 g/mol. The zero-order chi connectivity index (χ0) is 19.3. The van der Waals surface area contributed by atoms with Crippen molar-refractivity contribution in [3.63, 3.8) is 0 Å². The minimum atomic E-state index is -1.29. The Bertz CT molecular complexity index is 842. The van der Waals surface area contributed by atoms with Gasteiger partial charge in [0.05, 0.1) is 17.5 Å². The molecule has 0 aliphatic heterocycles. The molecule has 0 aliphatic rings. The van der Waals surface area contributed by atoms with Crippen LogP contribution in [0.2, 0.25) is 0 Å². The summed E-state index contributed by atoms with van der Waals surface area (Å²) in [5, 5.41) is 23.2. The average Bonchev–Trinajstić information content (AvgIpc) is 2.55. The number of hydrogen-bond donors (Lipinski definition) is 4. The third kappa shape index (κ3) is 5.17. The largest absolute Gasteiger partial charge is 0.478 e. The highest BCUT2D eigenvalue weighted by atomic mass is 16.4. The monoisotopic (exact) mass is 356 g/mol. The molecule has 2 aromatic rings. The molecule has 0 bridgehead atoms. The van der Waals surface area contributed by atoms with Gasteiger partial charge in [-0.15, -0.1) is 0 Å². The first kappa shape index (κ1) is 18.7. The van der Waals surface area contributed by atoms with Crippen LogP contribution in [0.15, 0.2) is 42.5 Å². The molecule has 8 heteroatoms. The van der Waals surface area contributed by atoms with Crippen LogP contribution in [-0.2, 0) is 16.0 Å². The summed E-state index contributed by atoms with van der Waals surface area (Å²) in [4.78, 5) is 45.3. The number of amides is 2. The van der Waals surface area contributed by atoms with Gasteiger partial charge in [-0.3, -0.25) is 9.59 Å². The molecular weight excluding hydrogens is 340 g/mol. The third-order valence-corrected chi connectivity index (χ3v) is 3.35. The summed E-state index contributed by atoms with van der Waals surface area (Å²) in [6.45, 7) is 1.39. The first-order valence-electron chi connectivity index (χ1n) is 7.52. The molecule has 0 spiro atoms. The van der Waals surface area contributed by atoms with Crippen molar-refractivity contribution in [2.24, 2.45) is 0 Å². The second-order valence-electron chi connectivity index (χ2n) is 5.51. The Hall–Kier alpha value is -3.68. The van der Waals surface area contributed by atoms with Gasteiger partial charge < -0.3 is 20.8 Å². The topological polar surface area (TPSA) is 133 Å². The first-order valence-corrected chi connectivity index (χ1v) is 7.52. The predicted octanol–water partition coefficient (Wildman–Crippen LogP) is 2.22. The van der Waals surface area contributed by atoms with Gasteiger partial charge in [-0.2, -0.15) is 0 Å². The Balaban J connectivity index is 2.10. The molecule has 0 aliphatic carbocycles. The van der Waals surface area contributed by atoms with E-state index in [1.54, 1.807) is 24.3 Å². The maximum absolute atomic E-state index is 12.1. The molecule has 0 heterocycles. The highest BCUT2D eigenvalue weighted by molar-refractivity contribution is 5.99. The van der Waals surface area contributed by atoms with Gasteiger partial charge in [-0.05, 0) is 35.9 Å². The lowest BCUT2D eigenvalue weighted by molar-refractivity contribution is -0.116. The molecule has 0 aromatic heterocycles. The number of aromatic carboxylic acids is 2. The van der Waals surface area contributed by atoms with Crippen LogP contribution in [0.5, 0.6) is 0 Å². The van der Waals surface area contributed by atoms with Gasteiger partial charge >= 0.3 is 11.9 Å². The predicted molar refractivity (Wildman–Crippen MR) is 93.4 cm³/mol. The minimum Gasteiger partial charge on any atom is -0.478 e. The van der Waals surface area contributed by atoms with E-state index in [9.17, 15) is 19.2 Å². The maximum atomic E-state index is 12.1. The van der Waals surface area contributed by atoms with Gasteiger partial charge in [-0.1, -0.05) is 12.1 Å². The molecule has 0 saturated heterocycles. The molecule has 2 rings (SSSR count). The highest BCUT2D eigenvalue weighted by Gasteiger charge is 2.13. The van der Waals surface area contributed by atoms with E-state index in [4.69, 9.17) is 10.2 Å². The van der Waals surface area contributed by atoms with Gasteiger partial charge in [0.1, 0.15) is 0 Å². The standard InChI is InChI=1S/C18H16N2O6/c1-10(21)19-14-4-2-11(3-5-14)6-16(22)20-15-8-12(17(23)24)7-13(9-15)18(25)26/h2-5,7-9H,6H2,1H3,(H,19,21)(H,20,22)(H,23,24)(H,25,26). The number of benzene rings is 2. The lowest BCUT2D eigenvalue weighted by Gasteiger charge is -2.08. The molecule has 0 radical (unpaired) electrons. The van der Waals surface area contributed by atoms with Crippen LogP contribution < -0.4 is 10.6 Å². The van der Waals surface area contributed by atoms with E-state index < -0.39 is 17.8 Å². The molecule has 0 atom stereocenters. The van der Waals surface area contributed by atoms with E-state index in [2.05, 4.69) is 10.6 Å². The molecule has 2 amide bonds. The van der Waals surface area contributed by atoms with Crippen molar-refractivity contribution in [2.75, 3.05) is 10.6 Å². The maximum Gasteiger partial charge on any atom is 0.335 e. The van der Waals surface area contributed by atoms with Crippen molar-refractivity contribution >= 4 is 35.1 Å². The molecule has 0 unspecified atom stereocenters. The van der Waals surface area contributed by atoms with Gasteiger partial charge in [-0.25, -0.2) is 9.59 Å². The summed E-state index contributed by atoms with van der Waals surface area (Å²) >= 11 is 0. The summed E-state index contributed by atoms with van der Waals surface area (Å²) in [6, 6.07) is 10.0. The number of rotatable bonds is 6. The van der Waals surface area contributed by atoms with Gasteiger partial charge in [0.25, 0.3) is 0 Å².